The van der Waals surface area contributed by atoms with E-state index in [1.807, 2.05) is 6.92 Å². The van der Waals surface area contributed by atoms with Gasteiger partial charge in [0.1, 0.15) is 0 Å². The standard InChI is InChI=1S/C18H15ClO4S/c1-13-5-11-16(12-6-13)24(22,23)17(18(20)21)4-2-3-14-7-9-15(19)10-8-14/h5-12,17H,4H2,1H3,(H,20,21)/t17-/m0/s1. The summed E-state index contributed by atoms with van der Waals surface area (Å²) in [6.45, 7) is 1.82. The number of carboxylic acid groups (broad SMARTS) is 1. The Kier molecular flexibility index (Phi) is 5.66. The zero-order valence-electron chi connectivity index (χ0n) is 12.9. The predicted molar refractivity (Wildman–Crippen MR) is 92.7 cm³/mol. The molecule has 0 unspecified atom stereocenters. The molecular weight excluding hydrogens is 348 g/mol. The van der Waals surface area contributed by atoms with E-state index in [1.165, 1.54) is 12.1 Å². The van der Waals surface area contributed by atoms with Crippen LogP contribution in [0.2, 0.25) is 5.02 Å². The second-order valence-electron chi connectivity index (χ2n) is 5.20. The van der Waals surface area contributed by atoms with Crippen molar-refractivity contribution in [2.24, 2.45) is 0 Å². The van der Waals surface area contributed by atoms with E-state index in [4.69, 9.17) is 11.6 Å². The van der Waals surface area contributed by atoms with Gasteiger partial charge in [0.05, 0.1) is 4.90 Å². The molecule has 1 N–H and O–H groups in total. The van der Waals surface area contributed by atoms with Gasteiger partial charge in [-0.2, -0.15) is 0 Å². The lowest BCUT2D eigenvalue weighted by Gasteiger charge is -2.11. The molecule has 2 aromatic carbocycles. The third kappa shape index (κ3) is 4.38. The van der Waals surface area contributed by atoms with E-state index in [2.05, 4.69) is 11.8 Å². The van der Waals surface area contributed by atoms with Crippen molar-refractivity contribution >= 4 is 27.4 Å². The fraction of sp³-hybridized carbons (Fsp3) is 0.167. The first kappa shape index (κ1) is 18.1. The highest BCUT2D eigenvalue weighted by Crippen LogP contribution is 2.19. The number of halogens is 1. The van der Waals surface area contributed by atoms with Crippen LogP contribution in [0.4, 0.5) is 0 Å². The lowest BCUT2D eigenvalue weighted by Crippen LogP contribution is -2.29. The minimum atomic E-state index is -4.00. The fourth-order valence-corrected chi connectivity index (χ4v) is 3.54. The summed E-state index contributed by atoms with van der Waals surface area (Å²) in [5, 5.41) is 8.24. The maximum Gasteiger partial charge on any atom is 0.323 e. The van der Waals surface area contributed by atoms with Crippen LogP contribution in [0.1, 0.15) is 17.5 Å². The Balaban J connectivity index is 2.25. The Bertz CT molecular complexity index is 889. The molecule has 0 amide bonds. The SMILES string of the molecule is Cc1ccc(S(=O)(=O)[C@@H](CC#Cc2ccc(Cl)cc2)C(=O)O)cc1. The Morgan fingerprint density at radius 1 is 1.12 bits per heavy atom. The Hall–Kier alpha value is -2.29. The van der Waals surface area contributed by atoms with Crippen molar-refractivity contribution in [1.82, 2.24) is 0 Å². The van der Waals surface area contributed by atoms with Gasteiger partial charge in [-0.05, 0) is 43.3 Å². The summed E-state index contributed by atoms with van der Waals surface area (Å²) in [6, 6.07) is 12.8. The number of carbonyl (C=O) groups is 1. The molecule has 2 rings (SSSR count). The first-order valence-electron chi connectivity index (χ1n) is 7.08. The average Bonchev–Trinajstić information content (AvgIpc) is 2.53. The molecule has 124 valence electrons. The van der Waals surface area contributed by atoms with Crippen LogP contribution < -0.4 is 0 Å². The normalized spacial score (nSPS) is 12.1. The van der Waals surface area contributed by atoms with Crippen molar-refractivity contribution in [3.8, 4) is 11.8 Å². The molecule has 0 saturated carbocycles. The minimum absolute atomic E-state index is 0.0196. The molecule has 0 aliphatic heterocycles. The minimum Gasteiger partial charge on any atom is -0.480 e. The highest BCUT2D eigenvalue weighted by molar-refractivity contribution is 7.92. The number of rotatable bonds is 4. The molecule has 0 spiro atoms. The molecule has 1 atom stereocenters. The lowest BCUT2D eigenvalue weighted by molar-refractivity contribution is -0.136. The van der Waals surface area contributed by atoms with E-state index >= 15 is 0 Å². The second kappa shape index (κ2) is 7.52. The molecule has 24 heavy (non-hydrogen) atoms. The van der Waals surface area contributed by atoms with Crippen LogP contribution in [-0.4, -0.2) is 24.7 Å². The van der Waals surface area contributed by atoms with E-state index in [1.54, 1.807) is 36.4 Å². The zero-order valence-corrected chi connectivity index (χ0v) is 14.4. The molecule has 0 aromatic heterocycles. The van der Waals surface area contributed by atoms with Crippen LogP contribution in [0.5, 0.6) is 0 Å². The third-order valence-electron chi connectivity index (χ3n) is 3.36. The predicted octanol–water partition coefficient (Wildman–Crippen LogP) is 3.32. The molecule has 0 fully saturated rings. The highest BCUT2D eigenvalue weighted by atomic mass is 35.5. The van der Waals surface area contributed by atoms with E-state index < -0.39 is 21.1 Å². The lowest BCUT2D eigenvalue weighted by atomic mass is 10.2. The number of hydrogen-bond donors (Lipinski definition) is 1. The third-order valence-corrected chi connectivity index (χ3v) is 5.66. The van der Waals surface area contributed by atoms with Gasteiger partial charge in [-0.25, -0.2) is 8.42 Å². The molecule has 6 heteroatoms. The van der Waals surface area contributed by atoms with Gasteiger partial charge in [-0.3, -0.25) is 4.79 Å². The van der Waals surface area contributed by atoms with Crippen molar-refractivity contribution in [3.05, 3.63) is 64.7 Å². The van der Waals surface area contributed by atoms with Gasteiger partial charge in [-0.15, -0.1) is 0 Å². The largest absolute Gasteiger partial charge is 0.480 e. The number of benzene rings is 2. The highest BCUT2D eigenvalue weighted by Gasteiger charge is 2.33. The summed E-state index contributed by atoms with van der Waals surface area (Å²) >= 11 is 5.77. The van der Waals surface area contributed by atoms with Crippen molar-refractivity contribution in [3.63, 3.8) is 0 Å². The van der Waals surface area contributed by atoms with Gasteiger partial charge >= 0.3 is 5.97 Å². The molecule has 0 aliphatic carbocycles. The van der Waals surface area contributed by atoms with Crippen LogP contribution in [0.25, 0.3) is 0 Å². The molecule has 0 heterocycles. The topological polar surface area (TPSA) is 71.4 Å². The second-order valence-corrected chi connectivity index (χ2v) is 7.76. The fourth-order valence-electron chi connectivity index (χ4n) is 2.00. The van der Waals surface area contributed by atoms with Gasteiger partial charge in [0.25, 0.3) is 0 Å². The Labute approximate surface area is 146 Å². The molecular formula is C18H15ClO4S. The maximum absolute atomic E-state index is 12.5. The number of hydrogen-bond acceptors (Lipinski definition) is 3. The van der Waals surface area contributed by atoms with Crippen molar-refractivity contribution in [1.29, 1.82) is 0 Å². The summed E-state index contributed by atoms with van der Waals surface area (Å²) < 4.78 is 25.0. The van der Waals surface area contributed by atoms with Gasteiger partial charge < -0.3 is 5.11 Å². The summed E-state index contributed by atoms with van der Waals surface area (Å²) in [5.74, 6) is 3.97. The van der Waals surface area contributed by atoms with Crippen LogP contribution in [0, 0.1) is 18.8 Å². The first-order valence-corrected chi connectivity index (χ1v) is 9.01. The first-order chi connectivity index (χ1) is 11.3. The van der Waals surface area contributed by atoms with Gasteiger partial charge in [-0.1, -0.05) is 41.1 Å². The van der Waals surface area contributed by atoms with Crippen LogP contribution >= 0.6 is 11.6 Å². The monoisotopic (exact) mass is 362 g/mol. The maximum atomic E-state index is 12.5. The van der Waals surface area contributed by atoms with Crippen molar-refractivity contribution < 1.29 is 18.3 Å². The van der Waals surface area contributed by atoms with Crippen LogP contribution in [0.15, 0.2) is 53.4 Å². The summed E-state index contributed by atoms with van der Waals surface area (Å²) in [5.41, 5.74) is 1.53. The van der Waals surface area contributed by atoms with Crippen LogP contribution in [0.3, 0.4) is 0 Å². The molecule has 0 bridgehead atoms. The van der Waals surface area contributed by atoms with E-state index in [-0.39, 0.29) is 11.3 Å². The van der Waals surface area contributed by atoms with Crippen molar-refractivity contribution in [2.45, 2.75) is 23.5 Å². The molecule has 2 aromatic rings. The van der Waals surface area contributed by atoms with Gasteiger partial charge in [0, 0.05) is 17.0 Å². The van der Waals surface area contributed by atoms with Crippen molar-refractivity contribution in [2.75, 3.05) is 0 Å². The Morgan fingerprint density at radius 3 is 2.25 bits per heavy atom. The molecule has 4 nitrogen and oxygen atoms in total. The summed E-state index contributed by atoms with van der Waals surface area (Å²) in [6.07, 6.45) is -0.297. The van der Waals surface area contributed by atoms with Gasteiger partial charge in [0.2, 0.25) is 0 Å². The summed E-state index contributed by atoms with van der Waals surface area (Å²) in [7, 11) is -4.00. The quantitative estimate of drug-likeness (QED) is 0.847. The molecule has 0 saturated heterocycles. The van der Waals surface area contributed by atoms with E-state index in [0.717, 1.165) is 5.56 Å². The Morgan fingerprint density at radius 2 is 1.71 bits per heavy atom. The van der Waals surface area contributed by atoms with E-state index in [9.17, 15) is 18.3 Å². The average molecular weight is 363 g/mol. The number of carboxylic acids is 1. The number of sulfone groups is 1. The van der Waals surface area contributed by atoms with Gasteiger partial charge in [0.15, 0.2) is 15.1 Å². The van der Waals surface area contributed by atoms with E-state index in [0.29, 0.717) is 10.6 Å². The van der Waals surface area contributed by atoms with Crippen LogP contribution in [-0.2, 0) is 14.6 Å². The molecule has 0 radical (unpaired) electrons. The smallest absolute Gasteiger partial charge is 0.323 e. The number of aryl methyl sites for hydroxylation is 1. The zero-order chi connectivity index (χ0) is 17.7. The molecule has 0 aliphatic rings. The summed E-state index contributed by atoms with van der Waals surface area (Å²) in [4.78, 5) is 11.4. The number of aliphatic carboxylic acids is 1.